The van der Waals surface area contributed by atoms with Crippen molar-refractivity contribution in [3.63, 3.8) is 0 Å². The van der Waals surface area contributed by atoms with Gasteiger partial charge in [0.15, 0.2) is 5.60 Å². The number of carbonyl (C=O) groups excluding carboxylic acids is 1. The van der Waals surface area contributed by atoms with Crippen molar-refractivity contribution >= 4 is 5.97 Å². The Morgan fingerprint density at radius 2 is 1.67 bits per heavy atom. The molecule has 1 aromatic carbocycles. The quantitative estimate of drug-likeness (QED) is 0.312. The van der Waals surface area contributed by atoms with E-state index in [1.54, 1.807) is 0 Å². The Labute approximate surface area is 185 Å². The lowest BCUT2D eigenvalue weighted by atomic mass is 9.73. The van der Waals surface area contributed by atoms with Crippen molar-refractivity contribution in [3.05, 3.63) is 35.9 Å². The van der Waals surface area contributed by atoms with Crippen LogP contribution in [0.4, 0.5) is 0 Å². The second-order valence-electron chi connectivity index (χ2n) is 7.58. The van der Waals surface area contributed by atoms with Crippen LogP contribution in [-0.4, -0.2) is 48.8 Å². The van der Waals surface area contributed by atoms with Crippen LogP contribution in [0.5, 0.6) is 0 Å². The maximum Gasteiger partial charge on any atom is 0.343 e. The standard InChI is InChI=1S/C21H34NO3.2BrH/c1-4-22(3,5-2)16-17-25-20(23)21(24,18-12-8-6-9-13-18)19-14-10-7-11-15-19;;/h6,8-9,12-13,19,24H,4-5,7,10-11,14-17H2,1-3H3;2*1H/q+1;;/p-2. The molecule has 27 heavy (non-hydrogen) atoms. The molecule has 0 spiro atoms. The predicted molar refractivity (Wildman–Crippen MR) is 100 cm³/mol. The largest absolute Gasteiger partial charge is 1.00 e. The third kappa shape index (κ3) is 6.55. The number of aliphatic hydroxyl groups is 1. The van der Waals surface area contributed by atoms with Crippen molar-refractivity contribution in [1.82, 2.24) is 0 Å². The van der Waals surface area contributed by atoms with Gasteiger partial charge in [-0.15, -0.1) is 0 Å². The molecule has 2 rings (SSSR count). The van der Waals surface area contributed by atoms with Gasteiger partial charge in [-0.1, -0.05) is 49.6 Å². The summed E-state index contributed by atoms with van der Waals surface area (Å²) in [6, 6.07) is 9.33. The summed E-state index contributed by atoms with van der Waals surface area (Å²) in [6.07, 6.45) is 5.05. The molecule has 1 fully saturated rings. The molecule has 0 heterocycles. The molecule has 1 aliphatic carbocycles. The summed E-state index contributed by atoms with van der Waals surface area (Å²) in [5.41, 5.74) is -0.862. The molecule has 1 aromatic rings. The number of rotatable bonds is 8. The Kier molecular flexibility index (Phi) is 12.0. The first kappa shape index (κ1) is 26.6. The molecule has 156 valence electrons. The van der Waals surface area contributed by atoms with Crippen LogP contribution in [0.2, 0.25) is 0 Å². The number of benzene rings is 1. The van der Waals surface area contributed by atoms with E-state index in [1.807, 2.05) is 30.3 Å². The molecule has 0 saturated heterocycles. The van der Waals surface area contributed by atoms with Gasteiger partial charge in [0.2, 0.25) is 0 Å². The minimum Gasteiger partial charge on any atom is -1.00 e. The van der Waals surface area contributed by atoms with Crippen molar-refractivity contribution < 1.29 is 53.1 Å². The SMILES string of the molecule is CC[N+](C)(CC)CCOC(=O)C(O)(c1ccccc1)C1CCCCC1.[Br-].[Br-]. The Morgan fingerprint density at radius 1 is 1.11 bits per heavy atom. The van der Waals surface area contributed by atoms with Gasteiger partial charge in [0.1, 0.15) is 13.2 Å². The molecular weight excluding hydrogens is 474 g/mol. The zero-order chi connectivity index (χ0) is 18.3. The molecule has 0 amide bonds. The molecule has 1 unspecified atom stereocenters. The maximum atomic E-state index is 12.9. The Morgan fingerprint density at radius 3 is 2.19 bits per heavy atom. The molecule has 1 atom stereocenters. The summed E-state index contributed by atoms with van der Waals surface area (Å²) in [7, 11) is 2.17. The zero-order valence-corrected chi connectivity index (χ0v) is 20.0. The van der Waals surface area contributed by atoms with Crippen LogP contribution in [0.3, 0.4) is 0 Å². The third-order valence-electron chi connectivity index (χ3n) is 6.11. The average molecular weight is 508 g/mol. The number of hydrogen-bond donors (Lipinski definition) is 1. The van der Waals surface area contributed by atoms with E-state index >= 15 is 0 Å². The number of likely N-dealkylation sites (N-methyl/N-ethyl adjacent to an activating group) is 1. The minimum atomic E-state index is -1.52. The number of nitrogens with zero attached hydrogens (tertiary/aromatic N) is 1. The molecule has 0 radical (unpaired) electrons. The normalized spacial score (nSPS) is 17.2. The van der Waals surface area contributed by atoms with E-state index in [0.717, 1.165) is 49.8 Å². The van der Waals surface area contributed by atoms with Gasteiger partial charge in [0, 0.05) is 5.92 Å². The molecule has 0 aliphatic heterocycles. The fraction of sp³-hybridized carbons (Fsp3) is 0.667. The van der Waals surface area contributed by atoms with Crippen molar-refractivity contribution in [2.75, 3.05) is 33.3 Å². The van der Waals surface area contributed by atoms with Gasteiger partial charge >= 0.3 is 5.97 Å². The lowest BCUT2D eigenvalue weighted by Crippen LogP contribution is -3.00. The van der Waals surface area contributed by atoms with E-state index in [1.165, 1.54) is 6.42 Å². The van der Waals surface area contributed by atoms with Crippen molar-refractivity contribution in [2.45, 2.75) is 51.6 Å². The van der Waals surface area contributed by atoms with Crippen LogP contribution < -0.4 is 34.0 Å². The van der Waals surface area contributed by atoms with E-state index in [4.69, 9.17) is 4.74 Å². The summed E-state index contributed by atoms with van der Waals surface area (Å²) in [4.78, 5) is 12.9. The highest BCUT2D eigenvalue weighted by atomic mass is 79.9. The summed E-state index contributed by atoms with van der Waals surface area (Å²) in [5.74, 6) is -0.543. The fourth-order valence-corrected chi connectivity index (χ4v) is 3.74. The molecule has 1 saturated carbocycles. The molecule has 0 bridgehead atoms. The predicted octanol–water partition coefficient (Wildman–Crippen LogP) is -2.51. The highest BCUT2D eigenvalue weighted by Crippen LogP contribution is 2.40. The van der Waals surface area contributed by atoms with Crippen LogP contribution in [0, 0.1) is 5.92 Å². The Balaban J connectivity index is 0.00000338. The van der Waals surface area contributed by atoms with E-state index in [0.29, 0.717) is 12.2 Å². The van der Waals surface area contributed by atoms with Gasteiger partial charge in [-0.2, -0.15) is 0 Å². The van der Waals surface area contributed by atoms with Crippen LogP contribution >= 0.6 is 0 Å². The maximum absolute atomic E-state index is 12.9. The third-order valence-corrected chi connectivity index (χ3v) is 6.11. The van der Waals surface area contributed by atoms with E-state index in [2.05, 4.69) is 20.9 Å². The monoisotopic (exact) mass is 506 g/mol. The number of esters is 1. The van der Waals surface area contributed by atoms with Gasteiger partial charge in [0.05, 0.1) is 20.1 Å². The second kappa shape index (κ2) is 12.2. The number of hydrogen-bond acceptors (Lipinski definition) is 3. The van der Waals surface area contributed by atoms with Crippen LogP contribution in [0.15, 0.2) is 30.3 Å². The van der Waals surface area contributed by atoms with Crippen molar-refractivity contribution in [3.8, 4) is 0 Å². The Hall–Kier alpha value is -0.430. The van der Waals surface area contributed by atoms with E-state index in [-0.39, 0.29) is 39.9 Å². The summed E-state index contributed by atoms with van der Waals surface area (Å²) < 4.78 is 6.47. The average Bonchev–Trinajstić information content (AvgIpc) is 2.68. The Bertz CT molecular complexity index is 546. The number of carbonyl (C=O) groups is 1. The van der Waals surface area contributed by atoms with Crippen molar-refractivity contribution in [2.24, 2.45) is 5.92 Å². The molecule has 4 nitrogen and oxygen atoms in total. The van der Waals surface area contributed by atoms with Gasteiger partial charge in [-0.05, 0) is 32.3 Å². The lowest BCUT2D eigenvalue weighted by molar-refractivity contribution is -0.906. The molecule has 0 aromatic heterocycles. The molecule has 1 aliphatic rings. The molecule has 6 heteroatoms. The van der Waals surface area contributed by atoms with Crippen LogP contribution in [-0.2, 0) is 15.1 Å². The number of quaternary nitrogens is 1. The first-order valence-electron chi connectivity index (χ1n) is 9.75. The minimum absolute atomic E-state index is 0. The highest BCUT2D eigenvalue weighted by molar-refractivity contribution is 5.81. The van der Waals surface area contributed by atoms with Gasteiger partial charge in [-0.3, -0.25) is 0 Å². The van der Waals surface area contributed by atoms with E-state index < -0.39 is 11.6 Å². The second-order valence-corrected chi connectivity index (χ2v) is 7.58. The lowest BCUT2D eigenvalue weighted by Gasteiger charge is -2.37. The molecule has 1 N–H and O–H groups in total. The van der Waals surface area contributed by atoms with Crippen LogP contribution in [0.25, 0.3) is 0 Å². The number of ether oxygens (including phenoxy) is 1. The topological polar surface area (TPSA) is 46.5 Å². The fourth-order valence-electron chi connectivity index (χ4n) is 3.74. The van der Waals surface area contributed by atoms with Gasteiger partial charge in [0.25, 0.3) is 0 Å². The molecular formula is C21H34Br2NO3-. The first-order valence-corrected chi connectivity index (χ1v) is 9.75. The van der Waals surface area contributed by atoms with Crippen molar-refractivity contribution in [1.29, 1.82) is 0 Å². The summed E-state index contributed by atoms with van der Waals surface area (Å²) in [6.45, 7) is 7.41. The zero-order valence-electron chi connectivity index (χ0n) is 16.8. The number of halogens is 2. The smallest absolute Gasteiger partial charge is 0.343 e. The highest BCUT2D eigenvalue weighted by Gasteiger charge is 2.47. The summed E-state index contributed by atoms with van der Waals surface area (Å²) >= 11 is 0. The van der Waals surface area contributed by atoms with Gasteiger partial charge < -0.3 is 48.3 Å². The van der Waals surface area contributed by atoms with E-state index in [9.17, 15) is 9.90 Å². The van der Waals surface area contributed by atoms with Crippen LogP contribution in [0.1, 0.15) is 51.5 Å². The first-order chi connectivity index (χ1) is 12.0. The van der Waals surface area contributed by atoms with Gasteiger partial charge in [-0.25, -0.2) is 4.79 Å². The summed E-state index contributed by atoms with van der Waals surface area (Å²) in [5, 5.41) is 11.4.